The first-order valence-corrected chi connectivity index (χ1v) is 9.90. The van der Waals surface area contributed by atoms with Gasteiger partial charge in [-0.2, -0.15) is 0 Å². The number of benzene rings is 1. The number of hydrogen-bond acceptors (Lipinski definition) is 6. The number of Topliss-reactive ketones (excluding diaryl/α,β-unsaturated/α-hetero) is 1. The summed E-state index contributed by atoms with van der Waals surface area (Å²) in [5, 5.41) is 5.15. The smallest absolute Gasteiger partial charge is 0.252 e. The van der Waals surface area contributed by atoms with Crippen molar-refractivity contribution in [2.75, 3.05) is 6.54 Å². The van der Waals surface area contributed by atoms with Gasteiger partial charge < -0.3 is 10.1 Å². The van der Waals surface area contributed by atoms with Crippen LogP contribution in [0.5, 0.6) is 5.75 Å². The third-order valence-electron chi connectivity index (χ3n) is 4.40. The average Bonchev–Trinajstić information content (AvgIpc) is 3.33. The SMILES string of the molecule is CC(=O)c1cc(C(=O)NC[C@@H]2Cc3cc(Cl)cc(-c4cnccn4)c3O2)cs1. The standard InChI is InChI=1S/C20H16ClN3O3S/c1-11(25)18-6-13(10-28-18)20(26)24-8-15-5-12-4-14(21)7-16(19(12)27-15)17-9-22-2-3-23-17/h2-4,6-7,9-10,15H,5,8H2,1H3,(H,24,26)/t15-/m0/s1. The summed E-state index contributed by atoms with van der Waals surface area (Å²) in [7, 11) is 0. The summed E-state index contributed by atoms with van der Waals surface area (Å²) >= 11 is 7.53. The van der Waals surface area contributed by atoms with Crippen molar-refractivity contribution in [2.24, 2.45) is 0 Å². The molecule has 1 N–H and O–H groups in total. The number of hydrogen-bond donors (Lipinski definition) is 1. The Balaban J connectivity index is 1.46. The van der Waals surface area contributed by atoms with Crippen LogP contribution in [0.25, 0.3) is 11.3 Å². The molecule has 0 radical (unpaired) electrons. The van der Waals surface area contributed by atoms with Gasteiger partial charge in [0.1, 0.15) is 11.9 Å². The highest BCUT2D eigenvalue weighted by Crippen LogP contribution is 2.40. The fraction of sp³-hybridized carbons (Fsp3) is 0.200. The fourth-order valence-corrected chi connectivity index (χ4v) is 4.12. The van der Waals surface area contributed by atoms with Gasteiger partial charge in [0, 0.05) is 40.3 Å². The van der Waals surface area contributed by atoms with Crippen molar-refractivity contribution in [3.8, 4) is 17.0 Å². The van der Waals surface area contributed by atoms with Crippen LogP contribution >= 0.6 is 22.9 Å². The molecule has 1 amide bonds. The highest BCUT2D eigenvalue weighted by molar-refractivity contribution is 7.12. The molecule has 1 aromatic carbocycles. The van der Waals surface area contributed by atoms with E-state index in [9.17, 15) is 9.59 Å². The van der Waals surface area contributed by atoms with E-state index in [1.165, 1.54) is 18.3 Å². The zero-order chi connectivity index (χ0) is 19.7. The lowest BCUT2D eigenvalue weighted by molar-refractivity contribution is 0.0934. The lowest BCUT2D eigenvalue weighted by atomic mass is 10.0. The predicted molar refractivity (Wildman–Crippen MR) is 107 cm³/mol. The lowest BCUT2D eigenvalue weighted by Gasteiger charge is -2.13. The molecule has 0 bridgehead atoms. The molecule has 0 fully saturated rings. The normalized spacial score (nSPS) is 15.0. The molecule has 6 nitrogen and oxygen atoms in total. The maximum atomic E-state index is 12.3. The highest BCUT2D eigenvalue weighted by atomic mass is 35.5. The third kappa shape index (κ3) is 3.76. The van der Waals surface area contributed by atoms with Gasteiger partial charge in [-0.3, -0.25) is 19.6 Å². The number of fused-ring (bicyclic) bond motifs is 1. The molecule has 4 rings (SSSR count). The van der Waals surface area contributed by atoms with E-state index in [0.29, 0.717) is 34.1 Å². The highest BCUT2D eigenvalue weighted by Gasteiger charge is 2.27. The van der Waals surface area contributed by atoms with Crippen molar-refractivity contribution in [2.45, 2.75) is 19.4 Å². The van der Waals surface area contributed by atoms with Crippen LogP contribution in [-0.2, 0) is 6.42 Å². The summed E-state index contributed by atoms with van der Waals surface area (Å²) in [6.45, 7) is 1.83. The van der Waals surface area contributed by atoms with Gasteiger partial charge in [0.2, 0.25) is 0 Å². The molecular formula is C20H16ClN3O3S. The molecule has 1 aliphatic rings. The maximum Gasteiger partial charge on any atom is 0.252 e. The Hall–Kier alpha value is -2.77. The Morgan fingerprint density at radius 1 is 1.32 bits per heavy atom. The number of halogens is 1. The second kappa shape index (κ2) is 7.69. The van der Waals surface area contributed by atoms with Crippen LogP contribution < -0.4 is 10.1 Å². The monoisotopic (exact) mass is 413 g/mol. The van der Waals surface area contributed by atoms with Crippen molar-refractivity contribution in [1.82, 2.24) is 15.3 Å². The second-order valence-corrected chi connectivity index (χ2v) is 7.79. The number of nitrogens with zero attached hydrogens (tertiary/aromatic N) is 2. The molecule has 1 atom stereocenters. The second-order valence-electron chi connectivity index (χ2n) is 6.44. The van der Waals surface area contributed by atoms with Gasteiger partial charge in [-0.05, 0) is 25.1 Å². The van der Waals surface area contributed by atoms with E-state index < -0.39 is 0 Å². The summed E-state index contributed by atoms with van der Waals surface area (Å²) in [4.78, 5) is 32.7. The predicted octanol–water partition coefficient (Wildman–Crippen LogP) is 3.79. The first-order valence-electron chi connectivity index (χ1n) is 8.64. The quantitative estimate of drug-likeness (QED) is 0.643. The van der Waals surface area contributed by atoms with E-state index in [2.05, 4.69) is 15.3 Å². The van der Waals surface area contributed by atoms with E-state index in [0.717, 1.165) is 16.9 Å². The first kappa shape index (κ1) is 18.6. The van der Waals surface area contributed by atoms with Crippen LogP contribution in [0, 0.1) is 0 Å². The molecule has 28 heavy (non-hydrogen) atoms. The largest absolute Gasteiger partial charge is 0.487 e. The summed E-state index contributed by atoms with van der Waals surface area (Å²) in [5.74, 6) is 0.445. The van der Waals surface area contributed by atoms with Gasteiger partial charge in [0.15, 0.2) is 5.78 Å². The average molecular weight is 414 g/mol. The Morgan fingerprint density at radius 2 is 2.18 bits per heavy atom. The Bertz CT molecular complexity index is 1050. The summed E-state index contributed by atoms with van der Waals surface area (Å²) in [5.41, 5.74) is 2.92. The number of carbonyl (C=O) groups is 2. The molecule has 2 aromatic heterocycles. The molecule has 0 spiro atoms. The summed E-state index contributed by atoms with van der Waals surface area (Å²) in [6, 6.07) is 5.29. The Kier molecular flexibility index (Phi) is 5.11. The van der Waals surface area contributed by atoms with Gasteiger partial charge >= 0.3 is 0 Å². The van der Waals surface area contributed by atoms with Crippen LogP contribution in [0.2, 0.25) is 5.02 Å². The number of ketones is 1. The van der Waals surface area contributed by atoms with E-state index in [-0.39, 0.29) is 17.8 Å². The molecule has 142 valence electrons. The minimum absolute atomic E-state index is 0.0490. The number of rotatable bonds is 5. The summed E-state index contributed by atoms with van der Waals surface area (Å²) in [6.07, 6.45) is 5.30. The van der Waals surface area contributed by atoms with Crippen LogP contribution in [0.3, 0.4) is 0 Å². The van der Waals surface area contributed by atoms with Gasteiger partial charge in [0.25, 0.3) is 5.91 Å². The van der Waals surface area contributed by atoms with Crippen LogP contribution in [0.1, 0.15) is 32.5 Å². The number of amides is 1. The minimum atomic E-state index is -0.226. The van der Waals surface area contributed by atoms with E-state index in [1.54, 1.807) is 36.1 Å². The van der Waals surface area contributed by atoms with Gasteiger partial charge in [0.05, 0.1) is 28.9 Å². The summed E-state index contributed by atoms with van der Waals surface area (Å²) < 4.78 is 6.08. The molecule has 1 aliphatic heterocycles. The Morgan fingerprint density at radius 3 is 2.89 bits per heavy atom. The molecule has 0 aliphatic carbocycles. The van der Waals surface area contributed by atoms with E-state index >= 15 is 0 Å². The molecule has 3 heterocycles. The van der Waals surface area contributed by atoms with Gasteiger partial charge in [-0.25, -0.2) is 0 Å². The number of nitrogens with one attached hydrogen (secondary N) is 1. The van der Waals surface area contributed by atoms with E-state index in [4.69, 9.17) is 16.3 Å². The number of aromatic nitrogens is 2. The van der Waals surface area contributed by atoms with Crippen molar-refractivity contribution < 1.29 is 14.3 Å². The maximum absolute atomic E-state index is 12.3. The van der Waals surface area contributed by atoms with Gasteiger partial charge in [-0.15, -0.1) is 11.3 Å². The van der Waals surface area contributed by atoms with E-state index in [1.807, 2.05) is 6.07 Å². The lowest BCUT2D eigenvalue weighted by Crippen LogP contribution is -2.34. The van der Waals surface area contributed by atoms with Crippen molar-refractivity contribution in [1.29, 1.82) is 0 Å². The van der Waals surface area contributed by atoms with Crippen LogP contribution in [0.15, 0.2) is 42.2 Å². The van der Waals surface area contributed by atoms with Crippen LogP contribution in [0.4, 0.5) is 0 Å². The van der Waals surface area contributed by atoms with Crippen molar-refractivity contribution in [3.05, 3.63) is 63.2 Å². The number of ether oxygens (including phenoxy) is 1. The van der Waals surface area contributed by atoms with Gasteiger partial charge in [-0.1, -0.05) is 11.6 Å². The molecule has 3 aromatic rings. The van der Waals surface area contributed by atoms with Crippen molar-refractivity contribution in [3.63, 3.8) is 0 Å². The molecule has 8 heteroatoms. The minimum Gasteiger partial charge on any atom is -0.487 e. The number of thiophene rings is 1. The molecule has 0 unspecified atom stereocenters. The third-order valence-corrected chi connectivity index (χ3v) is 5.65. The molecule has 0 saturated heterocycles. The van der Waals surface area contributed by atoms with Crippen molar-refractivity contribution >= 4 is 34.6 Å². The fourth-order valence-electron chi connectivity index (χ4n) is 3.09. The number of carbonyl (C=O) groups excluding carboxylic acids is 2. The zero-order valence-electron chi connectivity index (χ0n) is 14.9. The Labute approximate surface area is 170 Å². The topological polar surface area (TPSA) is 81.2 Å². The molecule has 0 saturated carbocycles. The van der Waals surface area contributed by atoms with Crippen LogP contribution in [-0.4, -0.2) is 34.3 Å². The first-order chi connectivity index (χ1) is 13.5. The molecular weight excluding hydrogens is 398 g/mol. The zero-order valence-corrected chi connectivity index (χ0v) is 16.5.